The van der Waals surface area contributed by atoms with Crippen LogP contribution in [0.5, 0.6) is 0 Å². The molecular weight excluding hydrogens is 338 g/mol. The molecule has 8 heteroatoms. The van der Waals surface area contributed by atoms with Crippen molar-refractivity contribution < 1.29 is 23.8 Å². The van der Waals surface area contributed by atoms with E-state index < -0.39 is 23.7 Å². The molecule has 0 aliphatic heterocycles. The van der Waals surface area contributed by atoms with Crippen molar-refractivity contribution in [2.45, 2.75) is 51.7 Å². The van der Waals surface area contributed by atoms with Gasteiger partial charge in [-0.15, -0.1) is 10.2 Å². The Kier molecular flexibility index (Phi) is 6.32. The highest BCUT2D eigenvalue weighted by atomic mass is 16.6. The number of aliphatic carboxylic acids is 1. The summed E-state index contributed by atoms with van der Waals surface area (Å²) in [7, 11) is 0. The molecule has 0 unspecified atom stereocenters. The molecule has 1 heterocycles. The number of carboxylic acid groups (broad SMARTS) is 1. The first kappa shape index (κ1) is 19.4. The van der Waals surface area contributed by atoms with Crippen LogP contribution in [0.25, 0.3) is 0 Å². The van der Waals surface area contributed by atoms with Gasteiger partial charge in [-0.3, -0.25) is 4.79 Å². The Hall–Kier alpha value is -2.90. The molecule has 2 rings (SSSR count). The van der Waals surface area contributed by atoms with Gasteiger partial charge in [0.05, 0.1) is 6.42 Å². The third-order valence-corrected chi connectivity index (χ3v) is 3.32. The Morgan fingerprint density at radius 1 is 1.23 bits per heavy atom. The van der Waals surface area contributed by atoms with Gasteiger partial charge in [0.15, 0.2) is 0 Å². The number of nitrogens with one attached hydrogen (secondary N) is 1. The fraction of sp³-hybridized carbons (Fsp3) is 0.444. The first-order valence-corrected chi connectivity index (χ1v) is 8.30. The standard InChI is InChI=1S/C18H23N3O5/c1-18(2,3)26-17(24)19-13(9-10-15(22)23)16-21-20-14(25-16)11-12-7-5-4-6-8-12/h4-8,13H,9-11H2,1-3H3,(H,19,24)(H,22,23)/t13-/m0/s1. The number of alkyl carbamates (subject to hydrolysis) is 1. The molecule has 26 heavy (non-hydrogen) atoms. The van der Waals surface area contributed by atoms with Crippen LogP contribution in [-0.2, 0) is 16.0 Å². The van der Waals surface area contributed by atoms with Crippen LogP contribution in [0.3, 0.4) is 0 Å². The first-order valence-electron chi connectivity index (χ1n) is 8.30. The molecule has 1 aromatic carbocycles. The minimum absolute atomic E-state index is 0.113. The van der Waals surface area contributed by atoms with Crippen molar-refractivity contribution in [1.82, 2.24) is 15.5 Å². The van der Waals surface area contributed by atoms with E-state index in [4.69, 9.17) is 14.3 Å². The Bertz CT molecular complexity index is 737. The molecule has 0 saturated carbocycles. The van der Waals surface area contributed by atoms with Crippen LogP contribution in [-0.4, -0.2) is 33.0 Å². The highest BCUT2D eigenvalue weighted by Gasteiger charge is 2.25. The maximum absolute atomic E-state index is 12.0. The summed E-state index contributed by atoms with van der Waals surface area (Å²) in [5.74, 6) is -0.439. The van der Waals surface area contributed by atoms with E-state index in [1.54, 1.807) is 20.8 Å². The Labute approximate surface area is 151 Å². The third-order valence-electron chi connectivity index (χ3n) is 3.32. The molecular formula is C18H23N3O5. The van der Waals surface area contributed by atoms with Crippen LogP contribution >= 0.6 is 0 Å². The van der Waals surface area contributed by atoms with Gasteiger partial charge in [0.25, 0.3) is 0 Å². The second-order valence-corrected chi connectivity index (χ2v) is 6.83. The fourth-order valence-electron chi connectivity index (χ4n) is 2.22. The summed E-state index contributed by atoms with van der Waals surface area (Å²) in [6, 6.07) is 8.86. The van der Waals surface area contributed by atoms with E-state index in [0.29, 0.717) is 12.3 Å². The quantitative estimate of drug-likeness (QED) is 0.778. The number of carbonyl (C=O) groups is 2. The molecule has 2 aromatic rings. The van der Waals surface area contributed by atoms with Crippen LogP contribution < -0.4 is 5.32 Å². The third kappa shape index (κ3) is 6.54. The Morgan fingerprint density at radius 2 is 1.92 bits per heavy atom. The molecule has 140 valence electrons. The van der Waals surface area contributed by atoms with Crippen LogP contribution in [0, 0.1) is 0 Å². The zero-order chi connectivity index (χ0) is 19.2. The zero-order valence-corrected chi connectivity index (χ0v) is 15.1. The lowest BCUT2D eigenvalue weighted by Gasteiger charge is -2.22. The van der Waals surface area contributed by atoms with Gasteiger partial charge in [-0.1, -0.05) is 30.3 Å². The van der Waals surface area contributed by atoms with E-state index in [1.807, 2.05) is 30.3 Å². The molecule has 0 aliphatic rings. The SMILES string of the molecule is CC(C)(C)OC(=O)N[C@@H](CCC(=O)O)c1nnc(Cc2ccccc2)o1. The van der Waals surface area contributed by atoms with Gasteiger partial charge in [-0.05, 0) is 32.8 Å². The number of hydrogen-bond acceptors (Lipinski definition) is 6. The molecule has 8 nitrogen and oxygen atoms in total. The number of amides is 1. The van der Waals surface area contributed by atoms with Gasteiger partial charge in [0.1, 0.15) is 11.6 Å². The number of hydrogen-bond donors (Lipinski definition) is 2. The Balaban J connectivity index is 2.09. The number of carbonyl (C=O) groups excluding carboxylic acids is 1. The van der Waals surface area contributed by atoms with E-state index in [1.165, 1.54) is 0 Å². The van der Waals surface area contributed by atoms with Crippen LogP contribution in [0.15, 0.2) is 34.7 Å². The lowest BCUT2D eigenvalue weighted by Crippen LogP contribution is -2.35. The van der Waals surface area contributed by atoms with Crippen LogP contribution in [0.1, 0.15) is 57.0 Å². The molecule has 0 spiro atoms. The summed E-state index contributed by atoms with van der Waals surface area (Å²) in [6.07, 6.45) is -0.264. The second-order valence-electron chi connectivity index (χ2n) is 6.83. The second kappa shape index (κ2) is 8.46. The van der Waals surface area contributed by atoms with E-state index in [-0.39, 0.29) is 18.7 Å². The van der Waals surface area contributed by atoms with Gasteiger partial charge in [0.2, 0.25) is 11.8 Å². The van der Waals surface area contributed by atoms with Crippen molar-refractivity contribution in [1.29, 1.82) is 0 Å². The lowest BCUT2D eigenvalue weighted by molar-refractivity contribution is -0.137. The number of aromatic nitrogens is 2. The lowest BCUT2D eigenvalue weighted by atomic mass is 10.1. The average Bonchev–Trinajstić information content (AvgIpc) is 2.99. The normalized spacial score (nSPS) is 12.4. The van der Waals surface area contributed by atoms with Gasteiger partial charge in [-0.2, -0.15) is 0 Å². The highest BCUT2D eigenvalue weighted by Crippen LogP contribution is 2.20. The summed E-state index contributed by atoms with van der Waals surface area (Å²) < 4.78 is 10.8. The van der Waals surface area contributed by atoms with Crippen molar-refractivity contribution in [2.75, 3.05) is 0 Å². The molecule has 2 N–H and O–H groups in total. The summed E-state index contributed by atoms with van der Waals surface area (Å²) in [6.45, 7) is 5.22. The van der Waals surface area contributed by atoms with Crippen molar-refractivity contribution in [3.05, 3.63) is 47.7 Å². The van der Waals surface area contributed by atoms with Crippen molar-refractivity contribution >= 4 is 12.1 Å². The average molecular weight is 361 g/mol. The van der Waals surface area contributed by atoms with Crippen LogP contribution in [0.4, 0.5) is 4.79 Å². The predicted octanol–water partition coefficient (Wildman–Crippen LogP) is 3.09. The van der Waals surface area contributed by atoms with Crippen molar-refractivity contribution in [3.63, 3.8) is 0 Å². The maximum atomic E-state index is 12.0. The monoisotopic (exact) mass is 361 g/mol. The van der Waals surface area contributed by atoms with E-state index >= 15 is 0 Å². The van der Waals surface area contributed by atoms with E-state index in [9.17, 15) is 9.59 Å². The zero-order valence-electron chi connectivity index (χ0n) is 15.1. The molecule has 1 aromatic heterocycles. The molecule has 0 radical (unpaired) electrons. The van der Waals surface area contributed by atoms with Crippen molar-refractivity contribution in [2.24, 2.45) is 0 Å². The molecule has 0 aliphatic carbocycles. The molecule has 1 atom stereocenters. The molecule has 0 bridgehead atoms. The minimum Gasteiger partial charge on any atom is -0.481 e. The van der Waals surface area contributed by atoms with Gasteiger partial charge in [0, 0.05) is 6.42 Å². The minimum atomic E-state index is -0.981. The number of carboxylic acids is 1. The van der Waals surface area contributed by atoms with E-state index in [2.05, 4.69) is 15.5 Å². The van der Waals surface area contributed by atoms with Gasteiger partial charge < -0.3 is 19.6 Å². The van der Waals surface area contributed by atoms with Gasteiger partial charge in [-0.25, -0.2) is 4.79 Å². The fourth-order valence-corrected chi connectivity index (χ4v) is 2.22. The molecule has 1 amide bonds. The largest absolute Gasteiger partial charge is 0.481 e. The highest BCUT2D eigenvalue weighted by molar-refractivity contribution is 5.69. The van der Waals surface area contributed by atoms with Crippen LogP contribution in [0.2, 0.25) is 0 Å². The Morgan fingerprint density at radius 3 is 2.54 bits per heavy atom. The topological polar surface area (TPSA) is 115 Å². The van der Waals surface area contributed by atoms with E-state index in [0.717, 1.165) is 5.56 Å². The summed E-state index contributed by atoms with van der Waals surface area (Å²) >= 11 is 0. The number of rotatable bonds is 7. The van der Waals surface area contributed by atoms with Gasteiger partial charge >= 0.3 is 12.1 Å². The number of benzene rings is 1. The predicted molar refractivity (Wildman–Crippen MR) is 92.5 cm³/mol. The van der Waals surface area contributed by atoms with Crippen molar-refractivity contribution in [3.8, 4) is 0 Å². The maximum Gasteiger partial charge on any atom is 0.408 e. The summed E-state index contributed by atoms with van der Waals surface area (Å²) in [4.78, 5) is 22.9. The summed E-state index contributed by atoms with van der Waals surface area (Å²) in [5, 5.41) is 19.5. The first-order chi connectivity index (χ1) is 12.2. The number of nitrogens with zero attached hydrogens (tertiary/aromatic N) is 2. The smallest absolute Gasteiger partial charge is 0.408 e. The molecule has 0 fully saturated rings. The number of ether oxygens (including phenoxy) is 1. The molecule has 0 saturated heterocycles. The summed E-state index contributed by atoms with van der Waals surface area (Å²) in [5.41, 5.74) is 0.333.